The number of anilines is 1. The number of nitrogens with two attached hydrogens (primary N) is 1. The van der Waals surface area contributed by atoms with Crippen LogP contribution in [0.4, 0.5) is 19.0 Å². The predicted molar refractivity (Wildman–Crippen MR) is 130 cm³/mol. The summed E-state index contributed by atoms with van der Waals surface area (Å²) < 4.78 is 44.3. The molecule has 188 valence electrons. The Morgan fingerprint density at radius 1 is 1.05 bits per heavy atom. The van der Waals surface area contributed by atoms with Gasteiger partial charge in [-0.3, -0.25) is 4.79 Å². The number of nitrogens with zero attached hydrogens (tertiary/aromatic N) is 6. The third-order valence-corrected chi connectivity index (χ3v) is 5.80. The molecule has 0 saturated carbocycles. The van der Waals surface area contributed by atoms with Crippen molar-refractivity contribution in [2.24, 2.45) is 0 Å². The second kappa shape index (κ2) is 9.72. The number of pyridine rings is 1. The molecule has 0 radical (unpaired) electrons. The van der Waals surface area contributed by atoms with Crippen molar-refractivity contribution >= 4 is 17.4 Å². The van der Waals surface area contributed by atoms with Crippen molar-refractivity contribution in [3.05, 3.63) is 84.7 Å². The molecule has 37 heavy (non-hydrogen) atoms. The van der Waals surface area contributed by atoms with Gasteiger partial charge >= 0.3 is 5.92 Å². The zero-order valence-electron chi connectivity index (χ0n) is 19.4. The lowest BCUT2D eigenvalue weighted by Crippen LogP contribution is -2.26. The number of halogens is 3. The van der Waals surface area contributed by atoms with Gasteiger partial charge in [0.2, 0.25) is 0 Å². The van der Waals surface area contributed by atoms with Gasteiger partial charge in [-0.05, 0) is 30.3 Å². The normalized spacial score (nSPS) is 11.6. The highest BCUT2D eigenvalue weighted by molar-refractivity contribution is 5.94. The number of nitrogen functional groups attached to an aromatic ring is 1. The van der Waals surface area contributed by atoms with Crippen molar-refractivity contribution in [1.82, 2.24) is 34.4 Å². The highest BCUT2D eigenvalue weighted by atomic mass is 19.3. The molecule has 0 fully saturated rings. The lowest BCUT2D eigenvalue weighted by Gasteiger charge is -2.15. The Morgan fingerprint density at radius 3 is 2.59 bits per heavy atom. The SMILES string of the molecule is Nc1ncc(-c2ccc3ncc(-c4ccc(C(=O)NCCn5ccnc5)cc4)n3n2)cc1C(F)(F)CF. The molecule has 5 rings (SSSR count). The first-order chi connectivity index (χ1) is 17.9. The minimum atomic E-state index is -3.76. The van der Waals surface area contributed by atoms with E-state index in [-0.39, 0.29) is 11.5 Å². The van der Waals surface area contributed by atoms with Crippen molar-refractivity contribution < 1.29 is 18.0 Å². The van der Waals surface area contributed by atoms with Gasteiger partial charge in [0, 0.05) is 48.4 Å². The van der Waals surface area contributed by atoms with Crippen molar-refractivity contribution in [2.75, 3.05) is 19.0 Å². The zero-order chi connectivity index (χ0) is 26.0. The molecule has 0 unspecified atom stereocenters. The smallest absolute Gasteiger partial charge is 0.304 e. The molecule has 5 aromatic rings. The van der Waals surface area contributed by atoms with Gasteiger partial charge in [-0.1, -0.05) is 12.1 Å². The van der Waals surface area contributed by atoms with Gasteiger partial charge in [-0.2, -0.15) is 13.9 Å². The summed E-state index contributed by atoms with van der Waals surface area (Å²) >= 11 is 0. The van der Waals surface area contributed by atoms with Crippen LogP contribution in [-0.2, 0) is 12.5 Å². The molecule has 0 aliphatic carbocycles. The van der Waals surface area contributed by atoms with E-state index in [9.17, 15) is 18.0 Å². The highest BCUT2D eigenvalue weighted by Crippen LogP contribution is 2.34. The van der Waals surface area contributed by atoms with E-state index >= 15 is 0 Å². The maximum Gasteiger partial charge on any atom is 0.304 e. The van der Waals surface area contributed by atoms with Gasteiger partial charge in [-0.15, -0.1) is 0 Å². The number of benzene rings is 1. The molecule has 1 aromatic carbocycles. The van der Waals surface area contributed by atoms with Crippen LogP contribution >= 0.6 is 0 Å². The average Bonchev–Trinajstić information content (AvgIpc) is 3.58. The number of carbonyl (C=O) groups is 1. The summed E-state index contributed by atoms with van der Waals surface area (Å²) in [6.07, 6.45) is 8.10. The van der Waals surface area contributed by atoms with Gasteiger partial charge in [0.25, 0.3) is 5.91 Å². The van der Waals surface area contributed by atoms with E-state index in [2.05, 4.69) is 25.4 Å². The molecule has 3 N–H and O–H groups in total. The number of imidazole rings is 2. The number of hydrogen-bond donors (Lipinski definition) is 2. The number of nitrogens with one attached hydrogen (secondary N) is 1. The molecule has 0 atom stereocenters. The quantitative estimate of drug-likeness (QED) is 0.331. The molecule has 12 heteroatoms. The average molecular weight is 506 g/mol. The van der Waals surface area contributed by atoms with Crippen molar-refractivity contribution in [3.8, 4) is 22.5 Å². The lowest BCUT2D eigenvalue weighted by molar-refractivity contribution is -0.0275. The third kappa shape index (κ3) is 4.85. The number of amides is 1. The van der Waals surface area contributed by atoms with E-state index in [1.54, 1.807) is 59.6 Å². The Labute approximate surface area is 208 Å². The van der Waals surface area contributed by atoms with E-state index in [0.29, 0.717) is 35.7 Å². The second-order valence-corrected chi connectivity index (χ2v) is 8.26. The fraction of sp³-hybridized carbons (Fsp3) is 0.160. The van der Waals surface area contributed by atoms with Crippen LogP contribution < -0.4 is 11.1 Å². The summed E-state index contributed by atoms with van der Waals surface area (Å²) in [7, 11) is 0. The van der Waals surface area contributed by atoms with Crippen molar-refractivity contribution in [2.45, 2.75) is 12.5 Å². The van der Waals surface area contributed by atoms with Crippen LogP contribution in [-0.4, -0.2) is 48.3 Å². The standard InChI is InChI=1S/C25H21F3N8O/c26-14-25(27,28)19-11-18(12-33-23(19)29)20-5-6-22-32-13-21(36(22)34-20)16-1-3-17(4-2-16)24(37)31-8-10-35-9-7-30-15-35/h1-7,9,11-13,15H,8,10,14H2,(H2,29,33)(H,31,37). The first-order valence-electron chi connectivity index (χ1n) is 11.2. The highest BCUT2D eigenvalue weighted by Gasteiger charge is 2.35. The summed E-state index contributed by atoms with van der Waals surface area (Å²) in [6.45, 7) is -0.828. The topological polar surface area (TPSA) is 116 Å². The molecule has 0 spiro atoms. The first-order valence-corrected chi connectivity index (χ1v) is 11.2. The van der Waals surface area contributed by atoms with Gasteiger partial charge in [0.05, 0.1) is 29.5 Å². The van der Waals surface area contributed by atoms with Gasteiger partial charge in [0.1, 0.15) is 5.82 Å². The number of rotatable bonds is 8. The van der Waals surface area contributed by atoms with Crippen molar-refractivity contribution in [3.63, 3.8) is 0 Å². The van der Waals surface area contributed by atoms with Crippen LogP contribution in [0.3, 0.4) is 0 Å². The summed E-state index contributed by atoms with van der Waals surface area (Å²) in [5.74, 6) is -4.41. The molecule has 9 nitrogen and oxygen atoms in total. The van der Waals surface area contributed by atoms with Gasteiger partial charge in [0.15, 0.2) is 12.3 Å². The first kappa shape index (κ1) is 24.0. The minimum absolute atomic E-state index is 0.207. The van der Waals surface area contributed by atoms with Gasteiger partial charge < -0.3 is 15.6 Å². The van der Waals surface area contributed by atoms with E-state index in [0.717, 1.165) is 11.6 Å². The lowest BCUT2D eigenvalue weighted by atomic mass is 10.1. The van der Waals surface area contributed by atoms with Crippen LogP contribution in [0.1, 0.15) is 15.9 Å². The Morgan fingerprint density at radius 2 is 1.86 bits per heavy atom. The molecule has 0 aliphatic rings. The second-order valence-electron chi connectivity index (χ2n) is 8.26. The maximum absolute atomic E-state index is 14.0. The van der Waals surface area contributed by atoms with Gasteiger partial charge in [-0.25, -0.2) is 23.9 Å². The number of fused-ring (bicyclic) bond motifs is 1. The van der Waals surface area contributed by atoms with Crippen molar-refractivity contribution in [1.29, 1.82) is 0 Å². The minimum Gasteiger partial charge on any atom is -0.383 e. The van der Waals surface area contributed by atoms with E-state index < -0.39 is 24.0 Å². The van der Waals surface area contributed by atoms with E-state index in [1.165, 1.54) is 6.20 Å². The van der Waals surface area contributed by atoms with Crippen LogP contribution in [0.15, 0.2) is 73.6 Å². The zero-order valence-corrected chi connectivity index (χ0v) is 19.4. The van der Waals surface area contributed by atoms with E-state index in [4.69, 9.17) is 5.73 Å². The number of carbonyl (C=O) groups excluding carboxylic acids is 1. The van der Waals surface area contributed by atoms with Crippen LogP contribution in [0.25, 0.3) is 28.2 Å². The molecule has 0 bridgehead atoms. The number of hydrogen-bond acceptors (Lipinski definition) is 6. The van der Waals surface area contributed by atoms with E-state index in [1.807, 2.05) is 10.8 Å². The number of alkyl halides is 3. The molecule has 4 heterocycles. The Balaban J connectivity index is 1.38. The fourth-order valence-corrected chi connectivity index (χ4v) is 3.82. The molecular formula is C25H21F3N8O. The van der Waals surface area contributed by atoms with Crippen LogP contribution in [0, 0.1) is 0 Å². The fourth-order valence-electron chi connectivity index (χ4n) is 3.82. The molecular weight excluding hydrogens is 485 g/mol. The van der Waals surface area contributed by atoms with Crippen LogP contribution in [0.2, 0.25) is 0 Å². The Hall–Kier alpha value is -4.74. The monoisotopic (exact) mass is 506 g/mol. The Bertz CT molecular complexity index is 1550. The van der Waals surface area contributed by atoms with Crippen LogP contribution in [0.5, 0.6) is 0 Å². The number of aromatic nitrogens is 6. The molecule has 4 aromatic heterocycles. The summed E-state index contributed by atoms with van der Waals surface area (Å²) in [4.78, 5) is 24.6. The maximum atomic E-state index is 14.0. The third-order valence-electron chi connectivity index (χ3n) is 5.80. The predicted octanol–water partition coefficient (Wildman–Crippen LogP) is 3.73. The molecule has 1 amide bonds. The summed E-state index contributed by atoms with van der Waals surface area (Å²) in [5.41, 5.74) is 7.83. The largest absolute Gasteiger partial charge is 0.383 e. The molecule has 0 aliphatic heterocycles. The summed E-state index contributed by atoms with van der Waals surface area (Å²) in [6, 6.07) is 11.3. The summed E-state index contributed by atoms with van der Waals surface area (Å²) in [5, 5.41) is 7.39. The Kier molecular flexibility index (Phi) is 6.30. The molecule has 0 saturated heterocycles.